The average molecular weight is 186 g/mol. The molecule has 0 amide bonds. The van der Waals surface area contributed by atoms with E-state index in [0.29, 0.717) is 22.6 Å². The van der Waals surface area contributed by atoms with Gasteiger partial charge in [-0.1, -0.05) is 0 Å². The molecule has 2 aromatic heterocycles. The second-order valence-electron chi connectivity index (χ2n) is 3.08. The monoisotopic (exact) mass is 186 g/mol. The van der Waals surface area contributed by atoms with Crippen LogP contribution in [0, 0.1) is 10.8 Å². The molecule has 4 nitrogen and oxygen atoms in total. The Hall–Kier alpha value is -2.10. The van der Waals surface area contributed by atoms with E-state index >= 15 is 0 Å². The van der Waals surface area contributed by atoms with E-state index in [1.165, 1.54) is 12.5 Å². The highest BCUT2D eigenvalue weighted by Crippen LogP contribution is 2.28. The van der Waals surface area contributed by atoms with Crippen LogP contribution in [0.15, 0.2) is 33.5 Å². The van der Waals surface area contributed by atoms with Crippen LogP contribution in [0.25, 0.3) is 0 Å². The van der Waals surface area contributed by atoms with Crippen molar-refractivity contribution in [2.24, 2.45) is 0 Å². The van der Waals surface area contributed by atoms with Gasteiger partial charge in [0.05, 0.1) is 23.7 Å². The predicted molar refractivity (Wildman–Crippen MR) is 49.3 cm³/mol. The molecule has 0 bridgehead atoms. The minimum absolute atomic E-state index is 0.282. The van der Waals surface area contributed by atoms with Crippen molar-refractivity contribution in [2.45, 2.75) is 0 Å². The van der Waals surface area contributed by atoms with Gasteiger partial charge < -0.3 is 8.83 Å². The van der Waals surface area contributed by atoms with Crippen LogP contribution in [0.3, 0.4) is 0 Å². The lowest BCUT2D eigenvalue weighted by molar-refractivity contribution is 0.546. The summed E-state index contributed by atoms with van der Waals surface area (Å²) in [5.41, 5.74) is 1.81. The zero-order valence-corrected chi connectivity index (χ0v) is 7.13. The third-order valence-corrected chi connectivity index (χ3v) is 2.32. The van der Waals surface area contributed by atoms with Gasteiger partial charge in [0.25, 0.3) is 0 Å². The molecule has 0 fully saturated rings. The van der Waals surface area contributed by atoms with E-state index in [1.54, 1.807) is 12.1 Å². The van der Waals surface area contributed by atoms with Gasteiger partial charge in [-0.25, -0.2) is 0 Å². The molecule has 0 unspecified atom stereocenters. The molecule has 1 aliphatic rings. The number of hydrogen-bond acceptors (Lipinski definition) is 4. The van der Waals surface area contributed by atoms with E-state index in [4.69, 9.17) is 19.7 Å². The summed E-state index contributed by atoms with van der Waals surface area (Å²) < 4.78 is 10.3. The maximum atomic E-state index is 7.83. The second kappa shape index (κ2) is 2.23. The van der Waals surface area contributed by atoms with Gasteiger partial charge in [0.15, 0.2) is 11.5 Å². The third kappa shape index (κ3) is 0.682. The van der Waals surface area contributed by atoms with Crippen molar-refractivity contribution in [3.8, 4) is 0 Å². The summed E-state index contributed by atoms with van der Waals surface area (Å²) in [7, 11) is 0. The van der Waals surface area contributed by atoms with Crippen molar-refractivity contribution in [3.05, 3.63) is 47.3 Å². The number of furan rings is 2. The van der Waals surface area contributed by atoms with Gasteiger partial charge in [0.2, 0.25) is 0 Å². The normalized spacial score (nSPS) is 14.0. The molecule has 0 atom stereocenters. The molecule has 4 heteroatoms. The quantitative estimate of drug-likeness (QED) is 0.563. The van der Waals surface area contributed by atoms with Crippen molar-refractivity contribution in [1.82, 2.24) is 0 Å². The summed E-state index contributed by atoms with van der Waals surface area (Å²) in [6, 6.07) is 3.36. The van der Waals surface area contributed by atoms with Crippen LogP contribution in [0.4, 0.5) is 0 Å². The number of hydrogen-bond donors (Lipinski definition) is 2. The Balaban J connectivity index is 2.37. The van der Waals surface area contributed by atoms with Gasteiger partial charge >= 0.3 is 0 Å². The molecule has 2 aromatic rings. The van der Waals surface area contributed by atoms with Crippen LogP contribution < -0.4 is 0 Å². The summed E-state index contributed by atoms with van der Waals surface area (Å²) >= 11 is 0. The topological polar surface area (TPSA) is 74.0 Å². The summed E-state index contributed by atoms with van der Waals surface area (Å²) in [5, 5.41) is 15.7. The summed E-state index contributed by atoms with van der Waals surface area (Å²) in [4.78, 5) is 0. The minimum Gasteiger partial charge on any atom is -0.462 e. The average Bonchev–Trinajstić information content (AvgIpc) is 2.82. The third-order valence-electron chi connectivity index (χ3n) is 2.32. The minimum atomic E-state index is 0.282. The van der Waals surface area contributed by atoms with Gasteiger partial charge in [-0.05, 0) is 12.1 Å². The summed E-state index contributed by atoms with van der Waals surface area (Å²) in [5.74, 6) is 0.896. The fraction of sp³-hybridized carbons (Fsp3) is 0. The van der Waals surface area contributed by atoms with Crippen LogP contribution >= 0.6 is 0 Å². The first-order chi connectivity index (χ1) is 6.79. The molecule has 14 heavy (non-hydrogen) atoms. The van der Waals surface area contributed by atoms with E-state index in [2.05, 4.69) is 0 Å². The molecule has 2 heterocycles. The molecule has 1 aliphatic carbocycles. The van der Waals surface area contributed by atoms with Gasteiger partial charge in [-0.2, -0.15) is 0 Å². The Morgan fingerprint density at radius 2 is 1.21 bits per heavy atom. The molecule has 0 aromatic carbocycles. The SMILES string of the molecule is N=C1c2ccoc2C(=N)c2ccoc21. The van der Waals surface area contributed by atoms with Crippen molar-refractivity contribution in [1.29, 1.82) is 10.8 Å². The summed E-state index contributed by atoms with van der Waals surface area (Å²) in [6.07, 6.45) is 2.97. The summed E-state index contributed by atoms with van der Waals surface area (Å²) in [6.45, 7) is 0. The van der Waals surface area contributed by atoms with Gasteiger partial charge in [-0.3, -0.25) is 10.8 Å². The predicted octanol–water partition coefficient (Wildman–Crippen LogP) is 2.02. The molecule has 0 saturated carbocycles. The highest BCUT2D eigenvalue weighted by Gasteiger charge is 2.29. The molecule has 0 radical (unpaired) electrons. The van der Waals surface area contributed by atoms with E-state index in [-0.39, 0.29) is 11.4 Å². The number of nitrogens with one attached hydrogen (secondary N) is 2. The van der Waals surface area contributed by atoms with Crippen molar-refractivity contribution in [3.63, 3.8) is 0 Å². The fourth-order valence-electron chi connectivity index (χ4n) is 1.64. The van der Waals surface area contributed by atoms with Crippen LogP contribution in [-0.2, 0) is 0 Å². The Labute approximate surface area is 79.2 Å². The van der Waals surface area contributed by atoms with Crippen LogP contribution in [0.5, 0.6) is 0 Å². The van der Waals surface area contributed by atoms with Crippen LogP contribution in [0.2, 0.25) is 0 Å². The standard InChI is InChI=1S/C10H6N2O2/c11-7-5-1-3-13-9(5)8(12)6-2-4-14-10(6)7/h1-4,11-12H. The molecule has 0 saturated heterocycles. The Kier molecular flexibility index (Phi) is 1.16. The maximum absolute atomic E-state index is 7.83. The first-order valence-electron chi connectivity index (χ1n) is 4.12. The van der Waals surface area contributed by atoms with Crippen LogP contribution in [-0.4, -0.2) is 11.4 Å². The van der Waals surface area contributed by atoms with E-state index in [1.807, 2.05) is 0 Å². The second-order valence-corrected chi connectivity index (χ2v) is 3.08. The molecular weight excluding hydrogens is 180 g/mol. The van der Waals surface area contributed by atoms with Crippen molar-refractivity contribution in [2.75, 3.05) is 0 Å². The lowest BCUT2D eigenvalue weighted by atomic mass is 9.94. The smallest absolute Gasteiger partial charge is 0.161 e. The van der Waals surface area contributed by atoms with E-state index in [9.17, 15) is 0 Å². The Morgan fingerprint density at radius 3 is 1.64 bits per heavy atom. The molecule has 0 aliphatic heterocycles. The lowest BCUT2D eigenvalue weighted by Crippen LogP contribution is -2.17. The highest BCUT2D eigenvalue weighted by molar-refractivity contribution is 6.27. The zero-order chi connectivity index (χ0) is 9.71. The first kappa shape index (κ1) is 7.32. The Morgan fingerprint density at radius 1 is 0.786 bits per heavy atom. The molecule has 3 rings (SSSR count). The fourth-order valence-corrected chi connectivity index (χ4v) is 1.64. The zero-order valence-electron chi connectivity index (χ0n) is 7.13. The van der Waals surface area contributed by atoms with Gasteiger partial charge in [0.1, 0.15) is 11.4 Å². The largest absolute Gasteiger partial charge is 0.462 e. The van der Waals surface area contributed by atoms with Gasteiger partial charge in [-0.15, -0.1) is 0 Å². The maximum Gasteiger partial charge on any atom is 0.161 e. The molecule has 0 spiro atoms. The van der Waals surface area contributed by atoms with E-state index in [0.717, 1.165) is 0 Å². The van der Waals surface area contributed by atoms with Crippen molar-refractivity contribution < 1.29 is 8.83 Å². The number of rotatable bonds is 0. The van der Waals surface area contributed by atoms with E-state index < -0.39 is 0 Å². The molecule has 68 valence electrons. The van der Waals surface area contributed by atoms with Gasteiger partial charge in [0, 0.05) is 0 Å². The highest BCUT2D eigenvalue weighted by atomic mass is 16.3. The van der Waals surface area contributed by atoms with Crippen molar-refractivity contribution >= 4 is 11.4 Å². The molecular formula is C10H6N2O2. The first-order valence-corrected chi connectivity index (χ1v) is 4.12. The van der Waals surface area contributed by atoms with Crippen LogP contribution in [0.1, 0.15) is 22.6 Å². The Bertz CT molecular complexity index is 457. The number of fused-ring (bicyclic) bond motifs is 2. The molecule has 2 N–H and O–H groups in total. The lowest BCUT2D eigenvalue weighted by Gasteiger charge is -2.10.